The number of piperidine rings is 1. The second-order valence-electron chi connectivity index (χ2n) is 5.19. The third kappa shape index (κ3) is 3.80. The summed E-state index contributed by atoms with van der Waals surface area (Å²) >= 11 is 0. The quantitative estimate of drug-likeness (QED) is 0.760. The normalized spacial score (nSPS) is 18.6. The van der Waals surface area contributed by atoms with E-state index < -0.39 is 0 Å². The lowest BCUT2D eigenvalue weighted by molar-refractivity contribution is -0.125. The molecule has 1 aromatic rings. The van der Waals surface area contributed by atoms with Crippen LogP contribution in [0.4, 0.5) is 0 Å². The van der Waals surface area contributed by atoms with Crippen molar-refractivity contribution in [2.75, 3.05) is 19.6 Å². The van der Waals surface area contributed by atoms with Crippen LogP contribution in [0.15, 0.2) is 18.5 Å². The molecular formula is C13H21N5O2. The van der Waals surface area contributed by atoms with Crippen LogP contribution in [0.3, 0.4) is 0 Å². The number of hydrogen-bond acceptors (Lipinski definition) is 4. The fourth-order valence-electron chi connectivity index (χ4n) is 2.41. The first-order chi connectivity index (χ1) is 9.56. The summed E-state index contributed by atoms with van der Waals surface area (Å²) in [6, 6.07) is 1.64. The molecule has 1 atom stereocenters. The maximum atomic E-state index is 12.1. The molecule has 0 aliphatic carbocycles. The lowest BCUT2D eigenvalue weighted by Gasteiger charge is -2.32. The molecule has 20 heavy (non-hydrogen) atoms. The predicted molar refractivity (Wildman–Crippen MR) is 73.7 cm³/mol. The molecule has 1 unspecified atom stereocenters. The van der Waals surface area contributed by atoms with Crippen LogP contribution >= 0.6 is 0 Å². The number of carbonyl (C=O) groups is 2. The topological polar surface area (TPSA) is 93.3 Å². The average Bonchev–Trinajstić information content (AvgIpc) is 2.93. The van der Waals surface area contributed by atoms with Gasteiger partial charge in [-0.1, -0.05) is 0 Å². The highest BCUT2D eigenvalue weighted by molar-refractivity contribution is 5.80. The van der Waals surface area contributed by atoms with Gasteiger partial charge in [0.25, 0.3) is 0 Å². The minimum absolute atomic E-state index is 0.0259. The summed E-state index contributed by atoms with van der Waals surface area (Å²) in [5, 5.41) is 7.11. The number of nitrogens with zero attached hydrogens (tertiary/aromatic N) is 3. The van der Waals surface area contributed by atoms with Crippen LogP contribution < -0.4 is 11.1 Å². The van der Waals surface area contributed by atoms with Crippen molar-refractivity contribution in [1.82, 2.24) is 20.0 Å². The van der Waals surface area contributed by atoms with Crippen molar-refractivity contribution in [2.45, 2.75) is 31.8 Å². The van der Waals surface area contributed by atoms with Gasteiger partial charge >= 0.3 is 0 Å². The summed E-state index contributed by atoms with van der Waals surface area (Å²) in [7, 11) is 0. The number of hydrogen-bond donors (Lipinski definition) is 2. The van der Waals surface area contributed by atoms with Gasteiger partial charge < -0.3 is 11.1 Å². The fourth-order valence-corrected chi connectivity index (χ4v) is 2.41. The number of aromatic nitrogens is 2. The molecule has 3 N–H and O–H groups in total. The number of nitrogens with two attached hydrogens (primary N) is 1. The molecule has 0 spiro atoms. The Morgan fingerprint density at radius 3 is 2.70 bits per heavy atom. The van der Waals surface area contributed by atoms with Gasteiger partial charge in [-0.3, -0.25) is 19.2 Å². The summed E-state index contributed by atoms with van der Waals surface area (Å²) < 4.78 is 1.64. The molecule has 0 bridgehead atoms. The van der Waals surface area contributed by atoms with Crippen molar-refractivity contribution >= 4 is 11.8 Å². The van der Waals surface area contributed by atoms with E-state index in [4.69, 9.17) is 5.73 Å². The molecule has 1 fully saturated rings. The number of amides is 2. The minimum atomic E-state index is -0.311. The molecule has 1 aromatic heterocycles. The molecule has 1 aliphatic rings. The Labute approximate surface area is 118 Å². The number of rotatable bonds is 5. The van der Waals surface area contributed by atoms with Gasteiger partial charge in [-0.05, 0) is 25.8 Å². The molecule has 1 saturated heterocycles. The molecule has 0 saturated carbocycles. The van der Waals surface area contributed by atoms with Crippen molar-refractivity contribution in [3.8, 4) is 0 Å². The third-order valence-electron chi connectivity index (χ3n) is 3.61. The van der Waals surface area contributed by atoms with Gasteiger partial charge in [0.15, 0.2) is 0 Å². The zero-order valence-electron chi connectivity index (χ0n) is 11.7. The van der Waals surface area contributed by atoms with E-state index in [1.54, 1.807) is 23.1 Å². The van der Waals surface area contributed by atoms with Gasteiger partial charge in [0.05, 0.1) is 6.54 Å². The summed E-state index contributed by atoms with van der Waals surface area (Å²) in [6.07, 6.45) is 5.11. The molecule has 0 aromatic carbocycles. The zero-order valence-corrected chi connectivity index (χ0v) is 11.7. The first-order valence-electron chi connectivity index (χ1n) is 6.86. The van der Waals surface area contributed by atoms with Crippen LogP contribution in [-0.4, -0.2) is 52.2 Å². The third-order valence-corrected chi connectivity index (χ3v) is 3.61. The Bertz CT molecular complexity index is 451. The molecule has 2 amide bonds. The standard InChI is InChI=1S/C13H21N5O2/c1-10(18-6-2-5-15-18)13(20)16-11-3-7-17(8-4-11)9-12(14)19/h2,5-6,10-11H,3-4,7-9H2,1H3,(H2,14,19)(H,16,20). The van der Waals surface area contributed by atoms with E-state index in [2.05, 4.69) is 10.4 Å². The van der Waals surface area contributed by atoms with E-state index in [-0.39, 0.29) is 23.9 Å². The second kappa shape index (κ2) is 6.51. The molecule has 110 valence electrons. The summed E-state index contributed by atoms with van der Waals surface area (Å²) in [5.41, 5.74) is 5.17. The first-order valence-corrected chi connectivity index (χ1v) is 6.86. The van der Waals surface area contributed by atoms with E-state index in [9.17, 15) is 9.59 Å². The van der Waals surface area contributed by atoms with Crippen LogP contribution in [0.25, 0.3) is 0 Å². The van der Waals surface area contributed by atoms with E-state index >= 15 is 0 Å². The molecular weight excluding hydrogens is 258 g/mol. The molecule has 7 heteroatoms. The first kappa shape index (κ1) is 14.5. The Balaban J connectivity index is 1.78. The molecule has 0 radical (unpaired) electrons. The van der Waals surface area contributed by atoms with Crippen LogP contribution in [-0.2, 0) is 9.59 Å². The Hall–Kier alpha value is -1.89. The van der Waals surface area contributed by atoms with Crippen LogP contribution in [0.1, 0.15) is 25.8 Å². The second-order valence-corrected chi connectivity index (χ2v) is 5.19. The maximum absolute atomic E-state index is 12.1. The van der Waals surface area contributed by atoms with Crippen molar-refractivity contribution < 1.29 is 9.59 Å². The van der Waals surface area contributed by atoms with Crippen LogP contribution in [0.5, 0.6) is 0 Å². The minimum Gasteiger partial charge on any atom is -0.369 e. The van der Waals surface area contributed by atoms with E-state index in [0.29, 0.717) is 6.54 Å². The smallest absolute Gasteiger partial charge is 0.244 e. The lowest BCUT2D eigenvalue weighted by Crippen LogP contribution is -2.47. The van der Waals surface area contributed by atoms with Gasteiger partial charge in [0.1, 0.15) is 6.04 Å². The van der Waals surface area contributed by atoms with Crippen molar-refractivity contribution in [3.63, 3.8) is 0 Å². The largest absolute Gasteiger partial charge is 0.369 e. The highest BCUT2D eigenvalue weighted by atomic mass is 16.2. The molecule has 2 rings (SSSR count). The molecule has 7 nitrogen and oxygen atoms in total. The Morgan fingerprint density at radius 2 is 2.15 bits per heavy atom. The van der Waals surface area contributed by atoms with Gasteiger partial charge in [-0.15, -0.1) is 0 Å². The maximum Gasteiger partial charge on any atom is 0.244 e. The van der Waals surface area contributed by atoms with Gasteiger partial charge in [0.2, 0.25) is 11.8 Å². The van der Waals surface area contributed by atoms with Crippen molar-refractivity contribution in [2.24, 2.45) is 5.73 Å². The van der Waals surface area contributed by atoms with E-state index in [1.807, 2.05) is 11.8 Å². The Kier molecular flexibility index (Phi) is 4.73. The molecule has 2 heterocycles. The lowest BCUT2D eigenvalue weighted by atomic mass is 10.0. The Morgan fingerprint density at radius 1 is 1.45 bits per heavy atom. The van der Waals surface area contributed by atoms with Gasteiger partial charge in [0, 0.05) is 31.5 Å². The number of likely N-dealkylation sites (tertiary alicyclic amines) is 1. The van der Waals surface area contributed by atoms with Crippen LogP contribution in [0.2, 0.25) is 0 Å². The van der Waals surface area contributed by atoms with Gasteiger partial charge in [-0.25, -0.2) is 0 Å². The number of nitrogens with one attached hydrogen (secondary N) is 1. The SMILES string of the molecule is CC(C(=O)NC1CCN(CC(N)=O)CC1)n1cccn1. The fraction of sp³-hybridized carbons (Fsp3) is 0.615. The number of primary amides is 1. The number of carbonyl (C=O) groups excluding carboxylic acids is 2. The summed E-state index contributed by atoms with van der Waals surface area (Å²) in [6.45, 7) is 3.68. The zero-order chi connectivity index (χ0) is 14.5. The van der Waals surface area contributed by atoms with Crippen LogP contribution in [0, 0.1) is 0 Å². The summed E-state index contributed by atoms with van der Waals surface area (Å²) in [4.78, 5) is 25.0. The average molecular weight is 279 g/mol. The van der Waals surface area contributed by atoms with E-state index in [1.165, 1.54) is 0 Å². The van der Waals surface area contributed by atoms with Crippen molar-refractivity contribution in [1.29, 1.82) is 0 Å². The van der Waals surface area contributed by atoms with E-state index in [0.717, 1.165) is 25.9 Å². The highest BCUT2D eigenvalue weighted by Gasteiger charge is 2.23. The molecule has 1 aliphatic heterocycles. The summed E-state index contributed by atoms with van der Waals surface area (Å²) in [5.74, 6) is -0.332. The predicted octanol–water partition coefficient (Wildman–Crippen LogP) is -0.490. The highest BCUT2D eigenvalue weighted by Crippen LogP contribution is 2.11. The van der Waals surface area contributed by atoms with Gasteiger partial charge in [-0.2, -0.15) is 5.10 Å². The monoisotopic (exact) mass is 279 g/mol. The van der Waals surface area contributed by atoms with Crippen molar-refractivity contribution in [3.05, 3.63) is 18.5 Å².